The van der Waals surface area contributed by atoms with Gasteiger partial charge in [0, 0.05) is 42.3 Å². The number of hydrogen-bond donors (Lipinski definition) is 2. The number of hydrogen-bond acceptors (Lipinski definition) is 4. The van der Waals surface area contributed by atoms with Crippen molar-refractivity contribution in [2.45, 2.75) is 6.54 Å². The van der Waals surface area contributed by atoms with Crippen molar-refractivity contribution in [3.05, 3.63) is 71.8 Å². The number of halogens is 1. The van der Waals surface area contributed by atoms with E-state index in [9.17, 15) is 0 Å². The van der Waals surface area contributed by atoms with E-state index in [-0.39, 0.29) is 0 Å². The van der Waals surface area contributed by atoms with Gasteiger partial charge in [0.15, 0.2) is 0 Å². The molecule has 0 radical (unpaired) electrons. The summed E-state index contributed by atoms with van der Waals surface area (Å²) >= 11 is 6.33. The first kappa shape index (κ1) is 14.7. The normalized spacial score (nSPS) is 10.9. The number of nitrogens with zero attached hydrogens (tertiary/aromatic N) is 3. The maximum atomic E-state index is 6.33. The number of nitrogens with one attached hydrogen (secondary N) is 2. The van der Waals surface area contributed by atoms with Gasteiger partial charge in [0.2, 0.25) is 0 Å². The van der Waals surface area contributed by atoms with Crippen LogP contribution in [-0.4, -0.2) is 19.9 Å². The van der Waals surface area contributed by atoms with Crippen LogP contribution in [0.2, 0.25) is 5.02 Å². The van der Waals surface area contributed by atoms with E-state index in [0.717, 1.165) is 33.7 Å². The summed E-state index contributed by atoms with van der Waals surface area (Å²) < 4.78 is 0. The molecule has 0 atom stereocenters. The molecule has 0 aliphatic heterocycles. The first-order valence-corrected chi connectivity index (χ1v) is 7.91. The molecule has 0 unspecified atom stereocenters. The molecule has 0 saturated heterocycles. The topological polar surface area (TPSA) is 66.5 Å². The maximum absolute atomic E-state index is 6.33. The van der Waals surface area contributed by atoms with Crippen molar-refractivity contribution in [3.63, 3.8) is 0 Å². The molecule has 0 aliphatic rings. The second-order valence-corrected chi connectivity index (χ2v) is 5.75. The summed E-state index contributed by atoms with van der Waals surface area (Å²) in [6.07, 6.45) is 7.19. The molecule has 4 aromatic heterocycles. The Bertz CT molecular complexity index is 981. The van der Waals surface area contributed by atoms with Crippen LogP contribution in [0.25, 0.3) is 22.3 Å². The van der Waals surface area contributed by atoms with E-state index >= 15 is 0 Å². The Morgan fingerprint density at radius 2 is 2.04 bits per heavy atom. The van der Waals surface area contributed by atoms with Gasteiger partial charge in [-0.1, -0.05) is 17.7 Å². The SMILES string of the molecule is Clc1cccnc1-c1cc(NCc2cccnc2)nc2[nH]ccc12. The average molecular weight is 336 g/mol. The molecule has 4 aromatic rings. The predicted octanol–water partition coefficient (Wildman–Crippen LogP) is 4.29. The van der Waals surface area contributed by atoms with Crippen molar-refractivity contribution in [1.82, 2.24) is 19.9 Å². The third kappa shape index (κ3) is 2.81. The standard InChI is InChI=1S/C18H14ClN5/c19-15-4-2-7-21-17(15)14-9-16(24-18-13(14)5-8-22-18)23-11-12-3-1-6-20-10-12/h1-10H,11H2,(H2,22,23,24). The molecule has 4 heterocycles. The van der Waals surface area contributed by atoms with Crippen molar-refractivity contribution in [2.75, 3.05) is 5.32 Å². The molecule has 24 heavy (non-hydrogen) atoms. The third-order valence-electron chi connectivity index (χ3n) is 3.74. The van der Waals surface area contributed by atoms with Crippen molar-refractivity contribution < 1.29 is 0 Å². The molecular weight excluding hydrogens is 322 g/mol. The molecule has 0 amide bonds. The van der Waals surface area contributed by atoms with Crippen LogP contribution in [0, 0.1) is 0 Å². The Kier molecular flexibility index (Phi) is 3.84. The Hall–Kier alpha value is -2.92. The zero-order valence-electron chi connectivity index (χ0n) is 12.7. The van der Waals surface area contributed by atoms with E-state index in [2.05, 4.69) is 25.3 Å². The second-order valence-electron chi connectivity index (χ2n) is 5.34. The largest absolute Gasteiger partial charge is 0.366 e. The van der Waals surface area contributed by atoms with E-state index < -0.39 is 0 Å². The van der Waals surface area contributed by atoms with Crippen LogP contribution in [-0.2, 0) is 6.54 Å². The van der Waals surface area contributed by atoms with Gasteiger partial charge in [-0.05, 0) is 35.9 Å². The summed E-state index contributed by atoms with van der Waals surface area (Å²) in [6.45, 7) is 0.641. The molecule has 5 nitrogen and oxygen atoms in total. The van der Waals surface area contributed by atoms with E-state index in [0.29, 0.717) is 11.6 Å². The summed E-state index contributed by atoms with van der Waals surface area (Å²) in [5.41, 5.74) is 3.57. The fraction of sp³-hybridized carbons (Fsp3) is 0.0556. The molecule has 0 saturated carbocycles. The van der Waals surface area contributed by atoms with Gasteiger partial charge in [-0.15, -0.1) is 0 Å². The molecule has 0 aliphatic carbocycles. The highest BCUT2D eigenvalue weighted by Gasteiger charge is 2.12. The molecule has 0 fully saturated rings. The molecular formula is C18H14ClN5. The van der Waals surface area contributed by atoms with Crippen molar-refractivity contribution in [2.24, 2.45) is 0 Å². The van der Waals surface area contributed by atoms with Gasteiger partial charge in [-0.25, -0.2) is 4.98 Å². The van der Waals surface area contributed by atoms with Crippen molar-refractivity contribution in [1.29, 1.82) is 0 Å². The van der Waals surface area contributed by atoms with E-state index in [1.54, 1.807) is 12.4 Å². The number of fused-ring (bicyclic) bond motifs is 1. The highest BCUT2D eigenvalue weighted by atomic mass is 35.5. The van der Waals surface area contributed by atoms with Crippen molar-refractivity contribution in [3.8, 4) is 11.3 Å². The first-order chi connectivity index (χ1) is 11.8. The fourth-order valence-electron chi connectivity index (χ4n) is 2.60. The van der Waals surface area contributed by atoms with Gasteiger partial charge in [0.1, 0.15) is 11.5 Å². The lowest BCUT2D eigenvalue weighted by molar-refractivity contribution is 1.09. The lowest BCUT2D eigenvalue weighted by atomic mass is 10.1. The third-order valence-corrected chi connectivity index (χ3v) is 4.04. The zero-order chi connectivity index (χ0) is 16.4. The Balaban J connectivity index is 1.74. The molecule has 4 rings (SSSR count). The molecule has 2 N–H and O–H groups in total. The van der Waals surface area contributed by atoms with E-state index in [1.165, 1.54) is 0 Å². The van der Waals surface area contributed by atoms with E-state index in [1.807, 2.05) is 48.8 Å². The lowest BCUT2D eigenvalue weighted by Gasteiger charge is -2.10. The van der Waals surface area contributed by atoms with Crippen LogP contribution < -0.4 is 5.32 Å². The molecule has 6 heteroatoms. The summed E-state index contributed by atoms with van der Waals surface area (Å²) in [5.74, 6) is 0.755. The summed E-state index contributed by atoms with van der Waals surface area (Å²) in [6, 6.07) is 11.5. The fourth-order valence-corrected chi connectivity index (χ4v) is 2.83. The van der Waals surface area contributed by atoms with Crippen LogP contribution in [0.3, 0.4) is 0 Å². The highest BCUT2D eigenvalue weighted by Crippen LogP contribution is 2.32. The number of aromatic nitrogens is 4. The highest BCUT2D eigenvalue weighted by molar-refractivity contribution is 6.33. The number of H-pyrrole nitrogens is 1. The van der Waals surface area contributed by atoms with Crippen LogP contribution in [0.1, 0.15) is 5.56 Å². The number of pyridine rings is 3. The van der Waals surface area contributed by atoms with Gasteiger partial charge >= 0.3 is 0 Å². The van der Waals surface area contributed by atoms with Crippen LogP contribution in [0.5, 0.6) is 0 Å². The minimum absolute atomic E-state index is 0.615. The molecule has 118 valence electrons. The number of anilines is 1. The van der Waals surface area contributed by atoms with E-state index in [4.69, 9.17) is 11.6 Å². The zero-order valence-corrected chi connectivity index (χ0v) is 13.5. The van der Waals surface area contributed by atoms with Gasteiger partial charge in [0.25, 0.3) is 0 Å². The first-order valence-electron chi connectivity index (χ1n) is 7.53. The maximum Gasteiger partial charge on any atom is 0.140 e. The quantitative estimate of drug-likeness (QED) is 0.584. The average Bonchev–Trinajstić information content (AvgIpc) is 3.09. The van der Waals surface area contributed by atoms with Crippen molar-refractivity contribution >= 4 is 28.5 Å². The summed E-state index contributed by atoms with van der Waals surface area (Å²) in [4.78, 5) is 16.3. The lowest BCUT2D eigenvalue weighted by Crippen LogP contribution is -2.02. The Labute approximate surface area is 143 Å². The smallest absolute Gasteiger partial charge is 0.140 e. The monoisotopic (exact) mass is 335 g/mol. The van der Waals surface area contributed by atoms with Crippen LogP contribution in [0.4, 0.5) is 5.82 Å². The minimum Gasteiger partial charge on any atom is -0.366 e. The number of rotatable bonds is 4. The molecule has 0 spiro atoms. The summed E-state index contributed by atoms with van der Waals surface area (Å²) in [7, 11) is 0. The van der Waals surface area contributed by atoms with Gasteiger partial charge in [-0.2, -0.15) is 0 Å². The Morgan fingerprint density at radius 3 is 2.88 bits per heavy atom. The van der Waals surface area contributed by atoms with Gasteiger partial charge in [0.05, 0.1) is 10.7 Å². The van der Waals surface area contributed by atoms with Gasteiger partial charge in [-0.3, -0.25) is 9.97 Å². The molecule has 0 aromatic carbocycles. The van der Waals surface area contributed by atoms with Crippen LogP contribution >= 0.6 is 11.6 Å². The van der Waals surface area contributed by atoms with Crippen LogP contribution in [0.15, 0.2) is 61.2 Å². The number of aromatic amines is 1. The Morgan fingerprint density at radius 1 is 1.12 bits per heavy atom. The second kappa shape index (κ2) is 6.29. The molecule has 0 bridgehead atoms. The predicted molar refractivity (Wildman–Crippen MR) is 95.9 cm³/mol. The van der Waals surface area contributed by atoms with Gasteiger partial charge < -0.3 is 10.3 Å². The summed E-state index contributed by atoms with van der Waals surface area (Å²) in [5, 5.41) is 4.93. The minimum atomic E-state index is 0.615.